The average Bonchev–Trinajstić information content (AvgIpc) is 2.62. The van der Waals surface area contributed by atoms with Crippen LogP contribution in [0.4, 0.5) is 0 Å². The van der Waals surface area contributed by atoms with Gasteiger partial charge in [-0.1, -0.05) is 35.3 Å². The molecule has 0 fully saturated rings. The molecular formula is C9H5Cl2NOS. The summed E-state index contributed by atoms with van der Waals surface area (Å²) in [7, 11) is 0. The second-order valence-corrected chi connectivity index (χ2v) is 4.34. The standard InChI is InChI=1S/C9H5Cl2NOS/c10-8(11)5-13-7-3-1-2-6-4-12-14-9(6)7/h1-5H. The van der Waals surface area contributed by atoms with Crippen molar-refractivity contribution in [2.24, 2.45) is 0 Å². The molecule has 0 radical (unpaired) electrons. The van der Waals surface area contributed by atoms with E-state index in [2.05, 4.69) is 4.37 Å². The van der Waals surface area contributed by atoms with Gasteiger partial charge in [-0.2, -0.15) is 4.37 Å². The van der Waals surface area contributed by atoms with Gasteiger partial charge in [-0.25, -0.2) is 0 Å². The van der Waals surface area contributed by atoms with Crippen LogP contribution in [0.1, 0.15) is 0 Å². The molecule has 5 heteroatoms. The highest BCUT2D eigenvalue weighted by molar-refractivity contribution is 7.13. The summed E-state index contributed by atoms with van der Waals surface area (Å²) in [4.78, 5) is 0. The predicted octanol–water partition coefficient (Wildman–Crippen LogP) is 3.95. The van der Waals surface area contributed by atoms with Crippen LogP contribution in [0.15, 0.2) is 35.1 Å². The summed E-state index contributed by atoms with van der Waals surface area (Å²) in [6.07, 6.45) is 3.08. The summed E-state index contributed by atoms with van der Waals surface area (Å²) < 4.78 is 10.4. The molecule has 0 saturated carbocycles. The van der Waals surface area contributed by atoms with Crippen molar-refractivity contribution >= 4 is 44.8 Å². The Labute approximate surface area is 94.9 Å². The lowest BCUT2D eigenvalue weighted by molar-refractivity contribution is 0.488. The van der Waals surface area contributed by atoms with Crippen molar-refractivity contribution in [2.75, 3.05) is 0 Å². The fourth-order valence-electron chi connectivity index (χ4n) is 1.07. The SMILES string of the molecule is ClC(Cl)=COc1cccc2cnsc12. The number of nitrogens with zero attached hydrogens (tertiary/aromatic N) is 1. The normalized spacial score (nSPS) is 10.1. The van der Waals surface area contributed by atoms with Crippen LogP contribution in [-0.4, -0.2) is 4.37 Å². The molecule has 72 valence electrons. The highest BCUT2D eigenvalue weighted by atomic mass is 35.5. The number of fused-ring (bicyclic) bond motifs is 1. The Morgan fingerprint density at radius 3 is 3.07 bits per heavy atom. The predicted molar refractivity (Wildman–Crippen MR) is 60.0 cm³/mol. The lowest BCUT2D eigenvalue weighted by Gasteiger charge is -1.99. The Morgan fingerprint density at radius 1 is 1.43 bits per heavy atom. The topological polar surface area (TPSA) is 22.1 Å². The van der Waals surface area contributed by atoms with Gasteiger partial charge in [-0.3, -0.25) is 0 Å². The van der Waals surface area contributed by atoms with Crippen LogP contribution in [0.25, 0.3) is 10.1 Å². The van der Waals surface area contributed by atoms with Gasteiger partial charge in [0.2, 0.25) is 0 Å². The van der Waals surface area contributed by atoms with Gasteiger partial charge < -0.3 is 4.74 Å². The van der Waals surface area contributed by atoms with Crippen LogP contribution < -0.4 is 4.74 Å². The second kappa shape index (κ2) is 4.17. The van der Waals surface area contributed by atoms with E-state index in [0.29, 0.717) is 5.75 Å². The minimum Gasteiger partial charge on any atom is -0.461 e. The van der Waals surface area contributed by atoms with E-state index in [-0.39, 0.29) is 4.49 Å². The van der Waals surface area contributed by atoms with Crippen LogP contribution in [0, 0.1) is 0 Å². The first-order chi connectivity index (χ1) is 6.77. The van der Waals surface area contributed by atoms with Crippen molar-refractivity contribution in [3.05, 3.63) is 35.1 Å². The lowest BCUT2D eigenvalue weighted by Crippen LogP contribution is -1.81. The van der Waals surface area contributed by atoms with Gasteiger partial charge in [0, 0.05) is 11.6 Å². The zero-order valence-corrected chi connectivity index (χ0v) is 9.23. The summed E-state index contributed by atoms with van der Waals surface area (Å²) >= 11 is 12.3. The Bertz CT molecular complexity index is 476. The van der Waals surface area contributed by atoms with E-state index in [0.717, 1.165) is 10.1 Å². The molecule has 1 aromatic heterocycles. The van der Waals surface area contributed by atoms with Gasteiger partial charge in [0.05, 0.1) is 4.70 Å². The van der Waals surface area contributed by atoms with E-state index < -0.39 is 0 Å². The first kappa shape index (κ1) is 9.77. The number of hydrogen-bond donors (Lipinski definition) is 0. The first-order valence-electron chi connectivity index (χ1n) is 3.78. The average molecular weight is 246 g/mol. The molecule has 1 heterocycles. The van der Waals surface area contributed by atoms with Gasteiger partial charge in [0.25, 0.3) is 0 Å². The van der Waals surface area contributed by atoms with Crippen molar-refractivity contribution in [3.8, 4) is 5.75 Å². The maximum Gasteiger partial charge on any atom is 0.146 e. The molecular weight excluding hydrogens is 241 g/mol. The molecule has 0 unspecified atom stereocenters. The minimum atomic E-state index is 0.0894. The minimum absolute atomic E-state index is 0.0894. The second-order valence-electron chi connectivity index (χ2n) is 2.53. The molecule has 2 rings (SSSR count). The fourth-order valence-corrected chi connectivity index (χ4v) is 1.86. The number of rotatable bonds is 2. The van der Waals surface area contributed by atoms with Gasteiger partial charge in [-0.15, -0.1) is 0 Å². The molecule has 2 nitrogen and oxygen atoms in total. The number of ether oxygens (including phenoxy) is 1. The van der Waals surface area contributed by atoms with E-state index in [1.807, 2.05) is 18.2 Å². The fraction of sp³-hybridized carbons (Fsp3) is 0. The van der Waals surface area contributed by atoms with Crippen molar-refractivity contribution in [1.29, 1.82) is 0 Å². The number of benzene rings is 1. The molecule has 0 amide bonds. The van der Waals surface area contributed by atoms with Crippen molar-refractivity contribution in [3.63, 3.8) is 0 Å². The molecule has 0 spiro atoms. The van der Waals surface area contributed by atoms with Crippen LogP contribution >= 0.6 is 34.7 Å². The molecule has 0 atom stereocenters. The third kappa shape index (κ3) is 2.00. The van der Waals surface area contributed by atoms with Gasteiger partial charge in [0.1, 0.15) is 16.5 Å². The zero-order valence-electron chi connectivity index (χ0n) is 6.91. The number of hydrogen-bond acceptors (Lipinski definition) is 3. The summed E-state index contributed by atoms with van der Waals surface area (Å²) in [5.74, 6) is 0.712. The van der Waals surface area contributed by atoms with E-state index in [1.54, 1.807) is 6.20 Å². The van der Waals surface area contributed by atoms with Crippen LogP contribution in [0.3, 0.4) is 0 Å². The summed E-state index contributed by atoms with van der Waals surface area (Å²) in [5.41, 5.74) is 0. The van der Waals surface area contributed by atoms with Crippen molar-refractivity contribution < 1.29 is 4.74 Å². The van der Waals surface area contributed by atoms with Crippen LogP contribution in [0.2, 0.25) is 0 Å². The summed E-state index contributed by atoms with van der Waals surface area (Å²) in [6.45, 7) is 0. The summed E-state index contributed by atoms with van der Waals surface area (Å²) in [5, 5.41) is 1.05. The Morgan fingerprint density at radius 2 is 2.29 bits per heavy atom. The Balaban J connectivity index is 2.41. The Hall–Kier alpha value is -0.770. The molecule has 2 aromatic rings. The molecule has 0 N–H and O–H groups in total. The maximum atomic E-state index is 5.44. The molecule has 1 aromatic carbocycles. The van der Waals surface area contributed by atoms with Crippen molar-refractivity contribution in [2.45, 2.75) is 0 Å². The van der Waals surface area contributed by atoms with E-state index in [1.165, 1.54) is 17.8 Å². The molecule has 0 aliphatic carbocycles. The first-order valence-corrected chi connectivity index (χ1v) is 5.31. The van der Waals surface area contributed by atoms with Crippen LogP contribution in [-0.2, 0) is 0 Å². The molecule has 0 aliphatic heterocycles. The highest BCUT2D eigenvalue weighted by Gasteiger charge is 2.02. The third-order valence-electron chi connectivity index (χ3n) is 1.62. The Kier molecular flexibility index (Phi) is 2.91. The van der Waals surface area contributed by atoms with E-state index in [4.69, 9.17) is 27.9 Å². The summed E-state index contributed by atoms with van der Waals surface area (Å²) in [6, 6.07) is 5.70. The maximum absolute atomic E-state index is 5.44. The van der Waals surface area contributed by atoms with Gasteiger partial charge in [0.15, 0.2) is 0 Å². The molecule has 0 saturated heterocycles. The smallest absolute Gasteiger partial charge is 0.146 e. The van der Waals surface area contributed by atoms with Crippen LogP contribution in [0.5, 0.6) is 5.75 Å². The van der Waals surface area contributed by atoms with E-state index >= 15 is 0 Å². The number of halogens is 2. The van der Waals surface area contributed by atoms with E-state index in [9.17, 15) is 0 Å². The highest BCUT2D eigenvalue weighted by Crippen LogP contribution is 2.29. The zero-order chi connectivity index (χ0) is 9.97. The lowest BCUT2D eigenvalue weighted by atomic mass is 10.3. The largest absolute Gasteiger partial charge is 0.461 e. The third-order valence-corrected chi connectivity index (χ3v) is 2.63. The monoisotopic (exact) mass is 245 g/mol. The molecule has 14 heavy (non-hydrogen) atoms. The van der Waals surface area contributed by atoms with Crippen molar-refractivity contribution in [1.82, 2.24) is 4.37 Å². The quantitative estimate of drug-likeness (QED) is 0.748. The van der Waals surface area contributed by atoms with Gasteiger partial charge in [-0.05, 0) is 17.6 Å². The number of aromatic nitrogens is 1. The molecule has 0 aliphatic rings. The van der Waals surface area contributed by atoms with Gasteiger partial charge >= 0.3 is 0 Å². The molecule has 0 bridgehead atoms.